The summed E-state index contributed by atoms with van der Waals surface area (Å²) in [4.78, 5) is 15.7. The molecule has 39 heavy (non-hydrogen) atoms. The van der Waals surface area contributed by atoms with Gasteiger partial charge in [0.1, 0.15) is 24.5 Å². The molecule has 4 aromatic rings. The zero-order chi connectivity index (χ0) is 26.3. The van der Waals surface area contributed by atoms with Crippen LogP contribution in [0.3, 0.4) is 0 Å². The number of nitrogen functional groups attached to an aromatic ring is 1. The Hall–Kier alpha value is -3.90. The van der Waals surface area contributed by atoms with E-state index in [1.54, 1.807) is 12.3 Å². The van der Waals surface area contributed by atoms with Crippen molar-refractivity contribution >= 4 is 39.7 Å². The zero-order valence-corrected chi connectivity index (χ0v) is 21.9. The van der Waals surface area contributed by atoms with Crippen LogP contribution < -0.4 is 15.8 Å². The average molecular weight is 539 g/mol. The van der Waals surface area contributed by atoms with Crippen LogP contribution in [0.25, 0.3) is 10.9 Å². The molecule has 2 aromatic heterocycles. The maximum absolute atomic E-state index is 6.50. The number of pyridine rings is 1. The molecule has 2 aliphatic heterocycles. The minimum Gasteiger partial charge on any atom is -0.486 e. The van der Waals surface area contributed by atoms with Crippen molar-refractivity contribution in [2.75, 3.05) is 37.4 Å². The summed E-state index contributed by atoms with van der Waals surface area (Å²) < 4.78 is 11.2. The molecular formula is C30H27ClN6O2. The smallest absolute Gasteiger partial charge is 0.141 e. The average Bonchev–Trinajstić information content (AvgIpc) is 3.36. The van der Waals surface area contributed by atoms with Crippen LogP contribution in [-0.2, 0) is 11.3 Å². The Morgan fingerprint density at radius 3 is 2.69 bits per heavy atom. The number of nitrogens with two attached hydrogens (primary N) is 1. The highest BCUT2D eigenvalue weighted by atomic mass is 35.5. The Kier molecular flexibility index (Phi) is 6.20. The lowest BCUT2D eigenvalue weighted by Crippen LogP contribution is -2.48. The number of hydrogen-bond acceptors (Lipinski definition) is 8. The van der Waals surface area contributed by atoms with Gasteiger partial charge in [0, 0.05) is 47.5 Å². The minimum absolute atomic E-state index is 0.338. The summed E-state index contributed by atoms with van der Waals surface area (Å²) in [6.45, 7) is 4.36. The lowest BCUT2D eigenvalue weighted by molar-refractivity contribution is -0.0612. The topological polar surface area (TPSA) is 98.4 Å². The monoisotopic (exact) mass is 538 g/mol. The molecule has 0 unspecified atom stereocenters. The summed E-state index contributed by atoms with van der Waals surface area (Å²) in [6.07, 6.45) is 3.27. The van der Waals surface area contributed by atoms with Crippen molar-refractivity contribution < 1.29 is 9.47 Å². The highest BCUT2D eigenvalue weighted by Gasteiger charge is 2.56. The highest BCUT2D eigenvalue weighted by molar-refractivity contribution is 6.32. The van der Waals surface area contributed by atoms with E-state index in [1.807, 2.05) is 42.5 Å². The van der Waals surface area contributed by atoms with Gasteiger partial charge in [-0.3, -0.25) is 9.88 Å². The SMILES string of the molecule is Nc1cc2c(Nc3ccc(OCc4ccccn4)c(Cl)c3)ncnc2cc1C#C[C@H]1[C@H]2CN(C3COC3)C[C@@H]12. The Bertz CT molecular complexity index is 1590. The zero-order valence-electron chi connectivity index (χ0n) is 21.2. The van der Waals surface area contributed by atoms with Crippen LogP contribution in [0.4, 0.5) is 17.2 Å². The lowest BCUT2D eigenvalue weighted by Gasteiger charge is -2.35. The Morgan fingerprint density at radius 1 is 1.08 bits per heavy atom. The normalized spacial score (nSPS) is 22.0. The van der Waals surface area contributed by atoms with E-state index in [0.29, 0.717) is 52.7 Å². The molecule has 0 spiro atoms. The number of halogens is 1. The van der Waals surface area contributed by atoms with Gasteiger partial charge in [-0.1, -0.05) is 29.5 Å². The highest BCUT2D eigenvalue weighted by Crippen LogP contribution is 2.52. The van der Waals surface area contributed by atoms with E-state index in [2.05, 4.69) is 37.0 Å². The van der Waals surface area contributed by atoms with Gasteiger partial charge < -0.3 is 20.5 Å². The van der Waals surface area contributed by atoms with E-state index in [4.69, 9.17) is 26.8 Å². The molecule has 2 saturated heterocycles. The number of rotatable bonds is 6. The molecule has 0 bridgehead atoms. The molecule has 1 aliphatic carbocycles. The van der Waals surface area contributed by atoms with E-state index in [9.17, 15) is 0 Å². The van der Waals surface area contributed by atoms with Crippen LogP contribution in [0.1, 0.15) is 11.3 Å². The van der Waals surface area contributed by atoms with Crippen molar-refractivity contribution in [2.24, 2.45) is 17.8 Å². The summed E-state index contributed by atoms with van der Waals surface area (Å²) in [5, 5.41) is 4.64. The number of benzene rings is 2. The Balaban J connectivity index is 1.04. The van der Waals surface area contributed by atoms with Crippen LogP contribution in [0, 0.1) is 29.6 Å². The van der Waals surface area contributed by atoms with Crippen LogP contribution in [0.2, 0.25) is 5.02 Å². The molecule has 2 aromatic carbocycles. The maximum atomic E-state index is 6.50. The summed E-state index contributed by atoms with van der Waals surface area (Å²) in [5.41, 5.74) is 10.2. The lowest BCUT2D eigenvalue weighted by atomic mass is 10.1. The molecular weight excluding hydrogens is 512 g/mol. The quantitative estimate of drug-likeness (QED) is 0.273. The first-order chi connectivity index (χ1) is 19.1. The second kappa shape index (κ2) is 10.0. The van der Waals surface area contributed by atoms with Gasteiger partial charge in [-0.2, -0.15) is 0 Å². The van der Waals surface area contributed by atoms with Gasteiger partial charge in [0.25, 0.3) is 0 Å². The third kappa shape index (κ3) is 4.85. The third-order valence-corrected chi connectivity index (χ3v) is 8.13. The molecule has 3 fully saturated rings. The number of likely N-dealkylation sites (tertiary alicyclic amines) is 1. The van der Waals surface area contributed by atoms with Crippen LogP contribution in [0.15, 0.2) is 61.1 Å². The summed E-state index contributed by atoms with van der Waals surface area (Å²) in [7, 11) is 0. The van der Waals surface area contributed by atoms with Gasteiger partial charge in [0.05, 0.1) is 35.5 Å². The molecule has 3 N–H and O–H groups in total. The van der Waals surface area contributed by atoms with Crippen molar-refractivity contribution in [3.05, 3.63) is 77.3 Å². The molecule has 9 heteroatoms. The molecule has 8 nitrogen and oxygen atoms in total. The van der Waals surface area contributed by atoms with Gasteiger partial charge in [0.15, 0.2) is 0 Å². The molecule has 1 saturated carbocycles. The number of nitrogens with zero attached hydrogens (tertiary/aromatic N) is 4. The fraction of sp³-hybridized carbons (Fsp3) is 0.300. The van der Waals surface area contributed by atoms with Crippen molar-refractivity contribution in [3.63, 3.8) is 0 Å². The van der Waals surface area contributed by atoms with Crippen LogP contribution in [0.5, 0.6) is 5.75 Å². The number of anilines is 3. The number of piperidine rings is 1. The molecule has 3 atom stereocenters. The van der Waals surface area contributed by atoms with E-state index >= 15 is 0 Å². The molecule has 4 heterocycles. The number of ether oxygens (including phenoxy) is 2. The molecule has 3 aliphatic rings. The van der Waals surface area contributed by atoms with E-state index in [0.717, 1.165) is 54.2 Å². The van der Waals surface area contributed by atoms with Gasteiger partial charge in [0.2, 0.25) is 0 Å². The third-order valence-electron chi connectivity index (χ3n) is 7.84. The number of fused-ring (bicyclic) bond motifs is 2. The summed E-state index contributed by atoms with van der Waals surface area (Å²) in [5.74, 6) is 9.86. The predicted octanol–water partition coefficient (Wildman–Crippen LogP) is 4.51. The standard InChI is InChI=1S/C30H27ClN6O2/c31-26-10-19(5-7-29(26)39-14-20-3-1-2-8-33-20)36-30-23-11-27(32)18(9-28(23)34-17-35-30)4-6-22-24-12-37(13-25(22)24)21-15-38-16-21/h1-3,5,7-11,17,21-22,24-25H,12-16,32H2,(H,34,35,36)/t22-,24+,25-. The number of aromatic nitrogens is 3. The van der Waals surface area contributed by atoms with Crippen molar-refractivity contribution in [2.45, 2.75) is 12.6 Å². The predicted molar refractivity (Wildman–Crippen MR) is 151 cm³/mol. The second-order valence-corrected chi connectivity index (χ2v) is 10.7. The van der Waals surface area contributed by atoms with Crippen LogP contribution in [-0.4, -0.2) is 52.2 Å². The van der Waals surface area contributed by atoms with Gasteiger partial charge in [-0.15, -0.1) is 0 Å². The summed E-state index contributed by atoms with van der Waals surface area (Å²) in [6, 6.07) is 15.7. The van der Waals surface area contributed by atoms with E-state index < -0.39 is 0 Å². The number of hydrogen-bond donors (Lipinski definition) is 2. The molecule has 0 amide bonds. The molecule has 7 rings (SSSR count). The molecule has 0 radical (unpaired) electrons. The maximum Gasteiger partial charge on any atom is 0.141 e. The summed E-state index contributed by atoms with van der Waals surface area (Å²) >= 11 is 6.50. The van der Waals surface area contributed by atoms with E-state index in [-0.39, 0.29) is 0 Å². The van der Waals surface area contributed by atoms with Gasteiger partial charge in [-0.25, -0.2) is 9.97 Å². The Labute approximate surface area is 231 Å². The first-order valence-electron chi connectivity index (χ1n) is 13.1. The first kappa shape index (κ1) is 24.2. The van der Waals surface area contributed by atoms with Gasteiger partial charge >= 0.3 is 0 Å². The van der Waals surface area contributed by atoms with E-state index in [1.165, 1.54) is 6.33 Å². The van der Waals surface area contributed by atoms with Crippen LogP contribution >= 0.6 is 11.6 Å². The minimum atomic E-state index is 0.338. The van der Waals surface area contributed by atoms with Crippen molar-refractivity contribution in [1.29, 1.82) is 0 Å². The van der Waals surface area contributed by atoms with Crippen molar-refractivity contribution in [3.8, 4) is 17.6 Å². The Morgan fingerprint density at radius 2 is 1.95 bits per heavy atom. The fourth-order valence-corrected chi connectivity index (χ4v) is 5.70. The number of nitrogens with one attached hydrogen (secondary N) is 1. The van der Waals surface area contributed by atoms with Gasteiger partial charge in [-0.05, 0) is 54.3 Å². The van der Waals surface area contributed by atoms with Crippen molar-refractivity contribution in [1.82, 2.24) is 19.9 Å². The second-order valence-electron chi connectivity index (χ2n) is 10.3. The fourth-order valence-electron chi connectivity index (χ4n) is 5.46. The molecule has 196 valence electrons. The largest absolute Gasteiger partial charge is 0.486 e. The first-order valence-corrected chi connectivity index (χ1v) is 13.5.